The van der Waals surface area contributed by atoms with Crippen molar-refractivity contribution in [2.75, 3.05) is 4.81 Å². The lowest BCUT2D eigenvalue weighted by Crippen LogP contribution is -2.61. The summed E-state index contributed by atoms with van der Waals surface area (Å²) < 4.78 is 10.0. The molecule has 2 aromatic heterocycles. The van der Waals surface area contributed by atoms with E-state index < -0.39 is 0 Å². The van der Waals surface area contributed by atoms with Gasteiger partial charge in [-0.1, -0.05) is 162 Å². The third-order valence-electron chi connectivity index (χ3n) is 20.3. The molecule has 4 heteroatoms. The van der Waals surface area contributed by atoms with Gasteiger partial charge in [0.2, 0.25) is 0 Å². The fourth-order valence-corrected chi connectivity index (χ4v) is 15.9. The molecule has 358 valence electrons. The summed E-state index contributed by atoms with van der Waals surface area (Å²) in [5, 5.41) is 5.08. The zero-order valence-corrected chi connectivity index (χ0v) is 43.4. The van der Waals surface area contributed by atoms with Crippen molar-refractivity contribution in [1.29, 1.82) is 0 Å². The number of benzene rings is 8. The van der Waals surface area contributed by atoms with Gasteiger partial charge in [-0.2, -0.15) is 0 Å². The smallest absolute Gasteiger partial charge is 0.333 e. The maximum Gasteiger partial charge on any atom is 0.333 e. The molecule has 4 heterocycles. The molecule has 0 saturated heterocycles. The van der Waals surface area contributed by atoms with Crippen LogP contribution in [0.25, 0.3) is 71.7 Å². The molecule has 5 aliphatic carbocycles. The van der Waals surface area contributed by atoms with Crippen molar-refractivity contribution in [3.8, 4) is 27.9 Å². The summed E-state index contributed by atoms with van der Waals surface area (Å²) in [6.45, 7) is 14.8. The first-order valence-corrected chi connectivity index (χ1v) is 27.6. The second-order valence-electron chi connectivity index (χ2n) is 25.4. The molecule has 4 atom stereocenters. The van der Waals surface area contributed by atoms with Crippen LogP contribution in [0.1, 0.15) is 113 Å². The Hall–Kier alpha value is -7.30. The molecule has 0 spiro atoms. The van der Waals surface area contributed by atoms with Crippen molar-refractivity contribution in [3.05, 3.63) is 208 Å². The number of hydrogen-bond donors (Lipinski definition) is 0. The Morgan fingerprint density at radius 3 is 1.88 bits per heavy atom. The average molecular weight is 955 g/mol. The van der Waals surface area contributed by atoms with E-state index in [1.54, 1.807) is 11.1 Å². The highest BCUT2D eigenvalue weighted by molar-refractivity contribution is 6.94. The monoisotopic (exact) mass is 954 g/mol. The number of furan rings is 1. The van der Waals surface area contributed by atoms with E-state index >= 15 is 0 Å². The van der Waals surface area contributed by atoms with E-state index in [2.05, 4.69) is 215 Å². The molecule has 74 heavy (non-hydrogen) atoms. The normalized spacial score (nSPS) is 23.9. The molecule has 17 rings (SSSR count). The van der Waals surface area contributed by atoms with Crippen LogP contribution in [-0.4, -0.2) is 11.4 Å². The topological polar surface area (TPSA) is 21.3 Å². The van der Waals surface area contributed by atoms with Crippen LogP contribution in [0, 0.1) is 11.8 Å². The first-order chi connectivity index (χ1) is 35.9. The van der Waals surface area contributed by atoms with Gasteiger partial charge in [0.25, 0.3) is 0 Å². The molecule has 8 aromatic carbocycles. The largest absolute Gasteiger partial charge is 0.454 e. The number of fused-ring (bicyclic) bond motifs is 15. The molecule has 10 aromatic rings. The molecule has 2 saturated carbocycles. The molecule has 0 bridgehead atoms. The van der Waals surface area contributed by atoms with Crippen LogP contribution in [0.4, 0.5) is 11.4 Å². The molecular weight excluding hydrogens is 896 g/mol. The van der Waals surface area contributed by atoms with Crippen LogP contribution in [-0.2, 0) is 21.7 Å². The SMILES string of the molecule is CC1(c2ccc3c(c2)c2cc(C4(C)CC=C5CC5C4)cc4c2n3-c2c3c(cc5c2oc2ccccc25)-c2cc5c(cc2N(c2ccc(-c6ccccc6)cc2)B34)C(C)(C)c2ccccc2C5(C)C)CC=C2CC2C1. The lowest BCUT2D eigenvalue weighted by Gasteiger charge is -2.47. The van der Waals surface area contributed by atoms with Gasteiger partial charge in [-0.3, -0.25) is 0 Å². The predicted octanol–water partition coefficient (Wildman–Crippen LogP) is 16.5. The van der Waals surface area contributed by atoms with E-state index in [1.807, 2.05) is 0 Å². The number of hydrogen-bond acceptors (Lipinski definition) is 2. The van der Waals surface area contributed by atoms with E-state index in [-0.39, 0.29) is 28.5 Å². The Bertz CT molecular complexity index is 4260. The maximum absolute atomic E-state index is 7.32. The maximum atomic E-state index is 7.32. The fraction of sp³-hybridized carbons (Fsp3) is 0.257. The van der Waals surface area contributed by atoms with Crippen molar-refractivity contribution in [1.82, 2.24) is 4.57 Å². The van der Waals surface area contributed by atoms with E-state index in [9.17, 15) is 0 Å². The Balaban J connectivity index is 1.02. The first kappa shape index (κ1) is 42.1. The summed E-state index contributed by atoms with van der Waals surface area (Å²) >= 11 is 0. The van der Waals surface area contributed by atoms with Gasteiger partial charge in [-0.25, -0.2) is 0 Å². The average Bonchev–Trinajstić information content (AvgIpc) is 4.32. The van der Waals surface area contributed by atoms with E-state index in [0.717, 1.165) is 29.9 Å². The lowest BCUT2D eigenvalue weighted by atomic mass is 9.43. The number of allylic oxidation sites excluding steroid dienone is 4. The highest BCUT2D eigenvalue weighted by Crippen LogP contribution is 2.58. The number of para-hydroxylation sites is 1. The quantitative estimate of drug-likeness (QED) is 0.129. The van der Waals surface area contributed by atoms with Gasteiger partial charge >= 0.3 is 6.85 Å². The summed E-state index contributed by atoms with van der Waals surface area (Å²) in [5.74, 6) is 1.45. The number of anilines is 2. The fourth-order valence-electron chi connectivity index (χ4n) is 15.9. The number of rotatable bonds is 4. The molecule has 2 fully saturated rings. The van der Waals surface area contributed by atoms with Crippen LogP contribution < -0.4 is 15.7 Å². The Kier molecular flexibility index (Phi) is 7.91. The van der Waals surface area contributed by atoms with Crippen molar-refractivity contribution >= 4 is 72.9 Å². The van der Waals surface area contributed by atoms with Crippen molar-refractivity contribution < 1.29 is 4.42 Å². The van der Waals surface area contributed by atoms with Gasteiger partial charge in [0.1, 0.15) is 5.58 Å². The van der Waals surface area contributed by atoms with Crippen LogP contribution >= 0.6 is 0 Å². The summed E-state index contributed by atoms with van der Waals surface area (Å²) in [4.78, 5) is 2.77. The van der Waals surface area contributed by atoms with Gasteiger partial charge < -0.3 is 13.8 Å². The molecule has 7 aliphatic rings. The van der Waals surface area contributed by atoms with Crippen LogP contribution in [0.2, 0.25) is 0 Å². The van der Waals surface area contributed by atoms with Gasteiger partial charge in [0.05, 0.1) is 16.7 Å². The Morgan fingerprint density at radius 1 is 0.527 bits per heavy atom. The zero-order chi connectivity index (χ0) is 49.4. The van der Waals surface area contributed by atoms with Crippen LogP contribution in [0.3, 0.4) is 0 Å². The molecule has 4 unspecified atom stereocenters. The molecule has 3 nitrogen and oxygen atoms in total. The minimum Gasteiger partial charge on any atom is -0.454 e. The molecule has 0 amide bonds. The summed E-state index contributed by atoms with van der Waals surface area (Å²) in [6, 6.07) is 59.1. The first-order valence-electron chi connectivity index (χ1n) is 27.6. The summed E-state index contributed by atoms with van der Waals surface area (Å²) in [7, 11) is 0. The molecular formula is C70H59BN2O. The van der Waals surface area contributed by atoms with E-state index in [0.29, 0.717) is 5.92 Å². The standard InChI is InChI=1S/C70H59BN2O/c1-67(2)55-17-11-12-18-56(55)68(3,4)58-37-61-51(36-57(58)67)52-35-54-49-16-10-13-19-62(49)74-66(54)65-63(52)71(73(61)48-23-20-41(21-24-48)40-14-8-7-9-15-40)59-34-47(70(6)29-27-43-31-45(43)39-70)33-53-50-32-46(22-25-60(50)72(65)64(53)59)69(5)28-26-42-30-44(42)38-69/h7-27,32-37,44-45H,28-31,38-39H2,1-6H3. The number of nitrogens with zero attached hydrogens (tertiary/aromatic N) is 2. The summed E-state index contributed by atoms with van der Waals surface area (Å²) in [6.07, 6.45) is 12.4. The van der Waals surface area contributed by atoms with Gasteiger partial charge in [0, 0.05) is 49.3 Å². The number of aromatic nitrogens is 1. The highest BCUT2D eigenvalue weighted by Gasteiger charge is 2.50. The van der Waals surface area contributed by atoms with E-state index in [1.165, 1.54) is 142 Å². The lowest BCUT2D eigenvalue weighted by molar-refractivity contribution is 0.407. The third-order valence-corrected chi connectivity index (χ3v) is 20.3. The third kappa shape index (κ3) is 5.44. The highest BCUT2D eigenvalue weighted by atomic mass is 16.3. The van der Waals surface area contributed by atoms with Crippen molar-refractivity contribution in [3.63, 3.8) is 0 Å². The van der Waals surface area contributed by atoms with Crippen LogP contribution in [0.5, 0.6) is 0 Å². The van der Waals surface area contributed by atoms with Gasteiger partial charge in [0.15, 0.2) is 5.58 Å². The minimum absolute atomic E-state index is 0.0203. The van der Waals surface area contributed by atoms with E-state index in [4.69, 9.17) is 4.42 Å². The summed E-state index contributed by atoms with van der Waals surface area (Å²) in [5.41, 5.74) is 27.6. The molecule has 0 radical (unpaired) electrons. The Morgan fingerprint density at radius 2 is 1.16 bits per heavy atom. The van der Waals surface area contributed by atoms with Crippen LogP contribution in [0.15, 0.2) is 179 Å². The zero-order valence-electron chi connectivity index (χ0n) is 43.4. The second kappa shape index (κ2) is 13.9. The van der Waals surface area contributed by atoms with Crippen molar-refractivity contribution in [2.45, 2.75) is 102 Å². The van der Waals surface area contributed by atoms with Crippen molar-refractivity contribution in [2.24, 2.45) is 11.8 Å². The Labute approximate surface area is 434 Å². The minimum atomic E-state index is -0.226. The predicted molar refractivity (Wildman–Crippen MR) is 309 cm³/mol. The van der Waals surface area contributed by atoms with Gasteiger partial charge in [-0.05, 0) is 177 Å². The van der Waals surface area contributed by atoms with Gasteiger partial charge in [-0.15, -0.1) is 0 Å². The molecule has 2 aliphatic heterocycles. The molecule has 0 N–H and O–H groups in total. The second-order valence-corrected chi connectivity index (χ2v) is 25.4.